The molecule has 0 spiro atoms. The second-order valence-corrected chi connectivity index (χ2v) is 6.14. The monoisotopic (exact) mass is 366 g/mol. The van der Waals surface area contributed by atoms with Gasteiger partial charge in [-0.05, 0) is 12.1 Å². The van der Waals surface area contributed by atoms with Crippen LogP contribution in [0.1, 0.15) is 9.67 Å². The Morgan fingerprint density at radius 1 is 1.45 bits per heavy atom. The van der Waals surface area contributed by atoms with E-state index in [4.69, 9.17) is 5.73 Å². The maximum atomic E-state index is 12.3. The largest absolute Gasteiger partial charge is 0.406 e. The van der Waals surface area contributed by atoms with Crippen molar-refractivity contribution in [2.75, 3.05) is 19.3 Å². The van der Waals surface area contributed by atoms with Crippen LogP contribution >= 0.6 is 27.3 Å². The Hall–Kier alpha value is -1.28. The first kappa shape index (κ1) is 15.1. The van der Waals surface area contributed by atoms with Gasteiger partial charge in [0, 0.05) is 21.6 Å². The molecule has 1 amide bonds. The summed E-state index contributed by atoms with van der Waals surface area (Å²) in [6.07, 6.45) is -4.43. The number of nitrogens with zero attached hydrogens (tertiary/aromatic N) is 1. The zero-order valence-electron chi connectivity index (χ0n) is 10.3. The van der Waals surface area contributed by atoms with Gasteiger partial charge in [-0.25, -0.2) is 0 Å². The summed E-state index contributed by atoms with van der Waals surface area (Å²) in [5, 5.41) is 0.654. The van der Waals surface area contributed by atoms with Crippen LogP contribution in [0, 0.1) is 0 Å². The minimum atomic E-state index is -4.43. The van der Waals surface area contributed by atoms with Gasteiger partial charge in [0.05, 0.1) is 5.69 Å². The van der Waals surface area contributed by atoms with E-state index in [1.54, 1.807) is 18.2 Å². The summed E-state index contributed by atoms with van der Waals surface area (Å²) >= 11 is 4.40. The number of thiophene rings is 1. The molecule has 1 aromatic carbocycles. The van der Waals surface area contributed by atoms with Gasteiger partial charge in [0.15, 0.2) is 0 Å². The molecule has 0 aliphatic rings. The van der Waals surface area contributed by atoms with Crippen LogP contribution in [-0.2, 0) is 0 Å². The van der Waals surface area contributed by atoms with E-state index in [1.807, 2.05) is 0 Å². The molecule has 2 rings (SSSR count). The topological polar surface area (TPSA) is 46.3 Å². The van der Waals surface area contributed by atoms with Crippen LogP contribution in [-0.4, -0.2) is 30.6 Å². The minimum absolute atomic E-state index is 0.124. The Kier molecular flexibility index (Phi) is 3.97. The van der Waals surface area contributed by atoms with E-state index >= 15 is 0 Å². The highest BCUT2D eigenvalue weighted by atomic mass is 79.9. The van der Waals surface area contributed by atoms with Crippen molar-refractivity contribution in [3.05, 3.63) is 27.5 Å². The van der Waals surface area contributed by atoms with Crippen LogP contribution in [0.3, 0.4) is 0 Å². The first-order chi connectivity index (χ1) is 9.20. The molecule has 0 aliphatic carbocycles. The van der Waals surface area contributed by atoms with E-state index in [0.717, 1.165) is 23.1 Å². The van der Waals surface area contributed by atoms with E-state index in [9.17, 15) is 18.0 Å². The molecule has 20 heavy (non-hydrogen) atoms. The zero-order valence-corrected chi connectivity index (χ0v) is 12.7. The van der Waals surface area contributed by atoms with Crippen molar-refractivity contribution in [1.82, 2.24) is 4.90 Å². The summed E-state index contributed by atoms with van der Waals surface area (Å²) in [7, 11) is 1.11. The molecule has 1 aromatic heterocycles. The number of nitrogen functional groups attached to an aromatic ring is 1. The van der Waals surface area contributed by atoms with Crippen molar-refractivity contribution in [2.24, 2.45) is 0 Å². The summed E-state index contributed by atoms with van der Waals surface area (Å²) in [6, 6.07) is 5.30. The van der Waals surface area contributed by atoms with Crippen molar-refractivity contribution < 1.29 is 18.0 Å². The van der Waals surface area contributed by atoms with Crippen LogP contribution < -0.4 is 5.73 Å². The third-order valence-corrected chi connectivity index (χ3v) is 4.48. The lowest BCUT2D eigenvalue weighted by atomic mass is 10.2. The fourth-order valence-corrected chi connectivity index (χ4v) is 3.66. The van der Waals surface area contributed by atoms with Crippen LogP contribution in [0.5, 0.6) is 0 Å². The van der Waals surface area contributed by atoms with Crippen LogP contribution in [0.25, 0.3) is 10.1 Å². The summed E-state index contributed by atoms with van der Waals surface area (Å²) in [4.78, 5) is 12.8. The number of rotatable bonds is 2. The average Bonchev–Trinajstić information content (AvgIpc) is 2.65. The van der Waals surface area contributed by atoms with Gasteiger partial charge in [-0.15, -0.1) is 11.3 Å². The minimum Gasteiger partial charge on any atom is -0.397 e. The maximum absolute atomic E-state index is 12.3. The molecule has 0 fully saturated rings. The van der Waals surface area contributed by atoms with Gasteiger partial charge in [0.2, 0.25) is 0 Å². The van der Waals surface area contributed by atoms with Gasteiger partial charge in [-0.3, -0.25) is 4.79 Å². The molecule has 0 aliphatic heterocycles. The van der Waals surface area contributed by atoms with Gasteiger partial charge < -0.3 is 10.6 Å². The van der Waals surface area contributed by atoms with Gasteiger partial charge in [-0.2, -0.15) is 13.2 Å². The molecule has 0 saturated heterocycles. The molecule has 0 atom stereocenters. The van der Waals surface area contributed by atoms with Crippen LogP contribution in [0.15, 0.2) is 22.7 Å². The first-order valence-corrected chi connectivity index (χ1v) is 7.10. The summed E-state index contributed by atoms with van der Waals surface area (Å²) in [5.41, 5.74) is 6.10. The summed E-state index contributed by atoms with van der Waals surface area (Å²) in [6.45, 7) is -1.30. The molecule has 3 nitrogen and oxygen atoms in total. The van der Waals surface area contributed by atoms with Gasteiger partial charge >= 0.3 is 6.18 Å². The highest BCUT2D eigenvalue weighted by molar-refractivity contribution is 9.10. The Morgan fingerprint density at radius 3 is 2.65 bits per heavy atom. The molecule has 0 saturated carbocycles. The van der Waals surface area contributed by atoms with E-state index in [-0.39, 0.29) is 10.6 Å². The SMILES string of the molecule is CN(CC(F)(F)F)C(=O)c1sc2cccc(Br)c2c1N. The standard InChI is InChI=1S/C12H10BrF3N2OS/c1-18(5-12(14,15)16)11(19)10-9(17)8-6(13)3-2-4-7(8)20-10/h2-4H,5,17H2,1H3. The summed E-state index contributed by atoms with van der Waals surface area (Å²) < 4.78 is 38.4. The van der Waals surface area contributed by atoms with E-state index in [2.05, 4.69) is 15.9 Å². The molecular formula is C12H10BrF3N2OS. The number of anilines is 1. The zero-order chi connectivity index (χ0) is 15.1. The molecule has 2 aromatic rings. The predicted octanol–water partition coefficient (Wildman–Crippen LogP) is 3.88. The highest BCUT2D eigenvalue weighted by Crippen LogP contribution is 2.38. The third-order valence-electron chi connectivity index (χ3n) is 2.66. The van der Waals surface area contributed by atoms with Crippen molar-refractivity contribution in [2.45, 2.75) is 6.18 Å². The van der Waals surface area contributed by atoms with Gasteiger partial charge in [-0.1, -0.05) is 22.0 Å². The first-order valence-electron chi connectivity index (χ1n) is 5.49. The molecule has 108 valence electrons. The predicted molar refractivity (Wildman–Crippen MR) is 77.0 cm³/mol. The highest BCUT2D eigenvalue weighted by Gasteiger charge is 2.32. The van der Waals surface area contributed by atoms with Crippen molar-refractivity contribution in [3.63, 3.8) is 0 Å². The van der Waals surface area contributed by atoms with Crippen LogP contribution in [0.2, 0.25) is 0 Å². The lowest BCUT2D eigenvalue weighted by Gasteiger charge is -2.18. The van der Waals surface area contributed by atoms with Crippen molar-refractivity contribution in [1.29, 1.82) is 0 Å². The average molecular weight is 367 g/mol. The van der Waals surface area contributed by atoms with E-state index in [1.165, 1.54) is 0 Å². The molecule has 0 unspecified atom stereocenters. The molecule has 0 bridgehead atoms. The Bertz CT molecular complexity index is 669. The Labute approximate surface area is 125 Å². The molecule has 0 radical (unpaired) electrons. The third kappa shape index (κ3) is 2.90. The van der Waals surface area contributed by atoms with Gasteiger partial charge in [0.25, 0.3) is 5.91 Å². The number of nitrogens with two attached hydrogens (primary N) is 1. The van der Waals surface area contributed by atoms with Crippen LogP contribution in [0.4, 0.5) is 18.9 Å². The second-order valence-electron chi connectivity index (χ2n) is 4.23. The number of carbonyl (C=O) groups is 1. The normalized spacial score (nSPS) is 11.8. The number of hydrogen-bond donors (Lipinski definition) is 1. The molecule has 8 heteroatoms. The Balaban J connectivity index is 2.41. The number of amides is 1. The molecule has 1 heterocycles. The van der Waals surface area contributed by atoms with E-state index < -0.39 is 18.6 Å². The van der Waals surface area contributed by atoms with Crippen molar-refractivity contribution in [3.8, 4) is 0 Å². The summed E-state index contributed by atoms with van der Waals surface area (Å²) in [5.74, 6) is -0.729. The smallest absolute Gasteiger partial charge is 0.397 e. The second kappa shape index (κ2) is 5.25. The fourth-order valence-electron chi connectivity index (χ4n) is 1.80. The molecular weight excluding hydrogens is 357 g/mol. The van der Waals surface area contributed by atoms with Gasteiger partial charge in [0.1, 0.15) is 11.4 Å². The number of alkyl halides is 3. The number of hydrogen-bond acceptors (Lipinski definition) is 3. The number of fused-ring (bicyclic) bond motifs is 1. The fraction of sp³-hybridized carbons (Fsp3) is 0.250. The van der Waals surface area contributed by atoms with Crippen molar-refractivity contribution >= 4 is 48.9 Å². The molecule has 2 N–H and O–H groups in total. The quantitative estimate of drug-likeness (QED) is 0.876. The lowest BCUT2D eigenvalue weighted by molar-refractivity contribution is -0.138. The number of benzene rings is 1. The lowest BCUT2D eigenvalue weighted by Crippen LogP contribution is -2.35. The maximum Gasteiger partial charge on any atom is 0.406 e. The number of halogens is 4. The number of carbonyl (C=O) groups excluding carboxylic acids is 1. The van der Waals surface area contributed by atoms with E-state index in [0.29, 0.717) is 14.8 Å². The Morgan fingerprint density at radius 2 is 2.10 bits per heavy atom.